The molecule has 0 saturated carbocycles. The summed E-state index contributed by atoms with van der Waals surface area (Å²) in [4.78, 5) is 16.8. The Morgan fingerprint density at radius 1 is 1.07 bits per heavy atom. The van der Waals surface area contributed by atoms with Crippen LogP contribution in [0.4, 0.5) is 0 Å². The van der Waals surface area contributed by atoms with Crippen molar-refractivity contribution in [1.82, 2.24) is 5.48 Å². The fourth-order valence-corrected chi connectivity index (χ4v) is 2.92. The number of hydrogen-bond donors (Lipinski definition) is 5. The fourth-order valence-electron chi connectivity index (χ4n) is 2.92. The first kappa shape index (κ1) is 20.1. The summed E-state index contributed by atoms with van der Waals surface area (Å²) in [5.41, 5.74) is 16.8. The second kappa shape index (κ2) is 9.49. The summed E-state index contributed by atoms with van der Waals surface area (Å²) in [5, 5.41) is 15.1. The summed E-state index contributed by atoms with van der Waals surface area (Å²) in [6.07, 6.45) is 1.76. The Balaban J connectivity index is 2.16. The van der Waals surface area contributed by atoms with Crippen LogP contribution in [0.3, 0.4) is 0 Å². The molecule has 1 atom stereocenters. The molecule has 0 bridgehead atoms. The van der Waals surface area contributed by atoms with E-state index in [1.807, 2.05) is 42.5 Å². The van der Waals surface area contributed by atoms with Gasteiger partial charge in [-0.15, -0.1) is 0 Å². The molecule has 7 nitrogen and oxygen atoms in total. The van der Waals surface area contributed by atoms with Crippen molar-refractivity contribution in [2.45, 2.75) is 25.2 Å². The van der Waals surface area contributed by atoms with Crippen LogP contribution in [-0.2, 0) is 16.1 Å². The minimum atomic E-state index is -0.206. The van der Waals surface area contributed by atoms with Crippen LogP contribution in [0.1, 0.15) is 41.0 Å². The number of benzene rings is 2. The molecule has 7 N–H and O–H groups in total. The van der Waals surface area contributed by atoms with Gasteiger partial charge in [0, 0.05) is 17.5 Å². The van der Waals surface area contributed by atoms with Gasteiger partial charge < -0.3 is 11.5 Å². The second-order valence-corrected chi connectivity index (χ2v) is 6.32. The Hall–Kier alpha value is -3.19. The molecule has 0 aliphatic carbocycles. The summed E-state index contributed by atoms with van der Waals surface area (Å²) in [5.74, 6) is -0.219. The van der Waals surface area contributed by atoms with Gasteiger partial charge in [-0.05, 0) is 36.0 Å². The number of amides is 1. The van der Waals surface area contributed by atoms with Crippen LogP contribution in [-0.4, -0.2) is 24.7 Å². The molecule has 0 heterocycles. The zero-order valence-electron chi connectivity index (χ0n) is 15.3. The van der Waals surface area contributed by atoms with Crippen LogP contribution in [0.15, 0.2) is 48.5 Å². The molecule has 0 aliphatic rings. The van der Waals surface area contributed by atoms with Crippen LogP contribution in [0.2, 0.25) is 0 Å². The van der Waals surface area contributed by atoms with Crippen molar-refractivity contribution >= 4 is 17.6 Å². The van der Waals surface area contributed by atoms with Gasteiger partial charge in [-0.2, -0.15) is 0 Å². The summed E-state index contributed by atoms with van der Waals surface area (Å²) in [6.45, 7) is 0. The highest BCUT2D eigenvalue weighted by Gasteiger charge is 2.17. The van der Waals surface area contributed by atoms with Crippen molar-refractivity contribution in [1.29, 1.82) is 10.8 Å². The highest BCUT2D eigenvalue weighted by molar-refractivity contribution is 5.95. The predicted molar refractivity (Wildman–Crippen MR) is 106 cm³/mol. The Morgan fingerprint density at radius 2 is 1.74 bits per heavy atom. The maximum atomic E-state index is 12.0. The molecule has 2 aromatic rings. The van der Waals surface area contributed by atoms with Crippen molar-refractivity contribution in [2.75, 3.05) is 7.11 Å². The van der Waals surface area contributed by atoms with Gasteiger partial charge in [0.25, 0.3) is 0 Å². The zero-order valence-corrected chi connectivity index (χ0v) is 15.3. The van der Waals surface area contributed by atoms with E-state index < -0.39 is 0 Å². The molecule has 27 heavy (non-hydrogen) atoms. The molecular formula is C20H25N5O2. The fraction of sp³-hybridized carbons (Fsp3) is 0.250. The Bertz CT molecular complexity index is 817. The van der Waals surface area contributed by atoms with Crippen molar-refractivity contribution in [3.8, 4) is 0 Å². The molecular weight excluding hydrogens is 342 g/mol. The van der Waals surface area contributed by atoms with Crippen molar-refractivity contribution in [2.24, 2.45) is 11.5 Å². The molecule has 2 aromatic carbocycles. The van der Waals surface area contributed by atoms with Crippen molar-refractivity contribution < 1.29 is 9.63 Å². The largest absolute Gasteiger partial charge is 0.384 e. The molecule has 0 unspecified atom stereocenters. The molecule has 1 amide bonds. The lowest BCUT2D eigenvalue weighted by atomic mass is 9.88. The minimum absolute atomic E-state index is 0.00300. The Morgan fingerprint density at radius 3 is 2.33 bits per heavy atom. The number of hydrogen-bond acceptors (Lipinski definition) is 4. The van der Waals surface area contributed by atoms with E-state index >= 15 is 0 Å². The van der Waals surface area contributed by atoms with Gasteiger partial charge in [0.2, 0.25) is 5.91 Å². The van der Waals surface area contributed by atoms with E-state index in [2.05, 4.69) is 5.48 Å². The highest BCUT2D eigenvalue weighted by atomic mass is 16.6. The van der Waals surface area contributed by atoms with E-state index in [0.29, 0.717) is 11.1 Å². The third-order valence-corrected chi connectivity index (χ3v) is 4.36. The first-order valence-electron chi connectivity index (χ1n) is 8.60. The lowest BCUT2D eigenvalue weighted by Crippen LogP contribution is -2.24. The van der Waals surface area contributed by atoms with Gasteiger partial charge in [-0.1, -0.05) is 42.5 Å². The lowest BCUT2D eigenvalue weighted by Gasteiger charge is -2.18. The number of rotatable bonds is 9. The van der Waals surface area contributed by atoms with E-state index in [9.17, 15) is 4.79 Å². The first-order chi connectivity index (χ1) is 12.9. The summed E-state index contributed by atoms with van der Waals surface area (Å²) in [7, 11) is 1.40. The van der Waals surface area contributed by atoms with Gasteiger partial charge in [0.1, 0.15) is 11.7 Å². The van der Waals surface area contributed by atoms with Crippen LogP contribution in [0.5, 0.6) is 0 Å². The molecule has 0 radical (unpaired) electrons. The number of aryl methyl sites for hydroxylation is 1. The number of nitrogens with two attached hydrogens (primary N) is 2. The van der Waals surface area contributed by atoms with Gasteiger partial charge in [0.15, 0.2) is 0 Å². The molecule has 0 spiro atoms. The summed E-state index contributed by atoms with van der Waals surface area (Å²) in [6, 6.07) is 14.9. The van der Waals surface area contributed by atoms with Gasteiger partial charge in [-0.25, -0.2) is 5.48 Å². The predicted octanol–water partition coefficient (Wildman–Crippen LogP) is 2.04. The van der Waals surface area contributed by atoms with E-state index in [1.54, 1.807) is 6.07 Å². The van der Waals surface area contributed by atoms with Crippen molar-refractivity contribution in [3.63, 3.8) is 0 Å². The number of nitrogen functional groups attached to an aromatic ring is 2. The average molecular weight is 367 g/mol. The monoisotopic (exact) mass is 367 g/mol. The van der Waals surface area contributed by atoms with Gasteiger partial charge in [-0.3, -0.25) is 20.5 Å². The normalized spacial score (nSPS) is 11.6. The number of nitrogens with one attached hydrogen (secondary N) is 3. The summed E-state index contributed by atoms with van der Waals surface area (Å²) >= 11 is 0. The standard InChI is InChI=1S/C20H25N5O2/c1-27-25-18(26)12-16(15-3-2-4-17(11-15)20(23)24)10-7-13-5-8-14(9-6-13)19(21)22/h2-6,8-9,11,16H,7,10,12H2,1H3,(H3,21,22)(H3,23,24)(H,25,26)/t16-/m1/s1. The minimum Gasteiger partial charge on any atom is -0.384 e. The van der Waals surface area contributed by atoms with Gasteiger partial charge in [0.05, 0.1) is 7.11 Å². The van der Waals surface area contributed by atoms with E-state index in [4.69, 9.17) is 27.1 Å². The lowest BCUT2D eigenvalue weighted by molar-refractivity contribution is -0.131. The average Bonchev–Trinajstić information content (AvgIpc) is 2.65. The molecule has 142 valence electrons. The number of hydroxylamine groups is 1. The Labute approximate surface area is 158 Å². The smallest absolute Gasteiger partial charge is 0.244 e. The third kappa shape index (κ3) is 5.93. The molecule has 0 aromatic heterocycles. The maximum absolute atomic E-state index is 12.0. The number of amidine groups is 2. The van der Waals surface area contributed by atoms with Crippen LogP contribution < -0.4 is 16.9 Å². The van der Waals surface area contributed by atoms with Crippen LogP contribution in [0, 0.1) is 10.8 Å². The SMILES string of the molecule is CONC(=O)C[C@@H](CCc1ccc(C(=N)N)cc1)c1cccc(C(=N)N)c1. The van der Waals surface area contributed by atoms with Crippen LogP contribution >= 0.6 is 0 Å². The maximum Gasteiger partial charge on any atom is 0.244 e. The van der Waals surface area contributed by atoms with Crippen molar-refractivity contribution in [3.05, 3.63) is 70.8 Å². The third-order valence-electron chi connectivity index (χ3n) is 4.36. The molecule has 0 saturated heterocycles. The first-order valence-corrected chi connectivity index (χ1v) is 8.60. The number of carbonyl (C=O) groups excluding carboxylic acids is 1. The quantitative estimate of drug-likeness (QED) is 0.263. The van der Waals surface area contributed by atoms with E-state index in [0.717, 1.165) is 24.0 Å². The molecule has 0 fully saturated rings. The highest BCUT2D eigenvalue weighted by Crippen LogP contribution is 2.26. The zero-order chi connectivity index (χ0) is 19.8. The topological polar surface area (TPSA) is 138 Å². The Kier molecular flexibility index (Phi) is 7.08. The van der Waals surface area contributed by atoms with E-state index in [-0.39, 0.29) is 29.9 Å². The molecule has 0 aliphatic heterocycles. The van der Waals surface area contributed by atoms with Crippen LogP contribution in [0.25, 0.3) is 0 Å². The summed E-state index contributed by atoms with van der Waals surface area (Å²) < 4.78 is 0. The van der Waals surface area contributed by atoms with Gasteiger partial charge >= 0.3 is 0 Å². The second-order valence-electron chi connectivity index (χ2n) is 6.32. The van der Waals surface area contributed by atoms with E-state index in [1.165, 1.54) is 7.11 Å². The number of carbonyl (C=O) groups is 1. The molecule has 2 rings (SSSR count). The molecule has 7 heteroatoms.